The Labute approximate surface area is 133 Å². The van der Waals surface area contributed by atoms with Crippen LogP contribution >= 0.6 is 0 Å². The Hall–Kier alpha value is -0.150. The molecular weight excluding hydrogens is 263 g/mol. The summed E-state index contributed by atoms with van der Waals surface area (Å²) in [5, 5.41) is 0. The van der Waals surface area contributed by atoms with E-state index >= 15 is 0 Å². The van der Waals surface area contributed by atoms with Crippen molar-refractivity contribution in [1.29, 1.82) is 0 Å². The summed E-state index contributed by atoms with van der Waals surface area (Å²) in [6.07, 6.45) is 2.96. The standard InChI is InChI=1S/C8H16FN.C8H17N.C2H6/c1-6(2)8-4-7(9)5-10(8)3;1-7(2)8-5-4-6-9(8)3;1-2/h6-8H,4-5H2,1-3H3;7-8H,4-6H2,1-3H3;1-2H3. The fourth-order valence-corrected chi connectivity index (χ4v) is 3.52. The molecule has 0 spiro atoms. The molecular formula is C18H39FN2. The van der Waals surface area contributed by atoms with E-state index < -0.39 is 6.17 Å². The molecule has 0 aliphatic carbocycles. The van der Waals surface area contributed by atoms with E-state index in [9.17, 15) is 4.39 Å². The van der Waals surface area contributed by atoms with Crippen molar-refractivity contribution in [2.75, 3.05) is 27.2 Å². The minimum atomic E-state index is -0.586. The molecule has 2 aliphatic rings. The van der Waals surface area contributed by atoms with E-state index in [0.29, 0.717) is 18.5 Å². The number of rotatable bonds is 2. The van der Waals surface area contributed by atoms with Gasteiger partial charge in [0.15, 0.2) is 0 Å². The van der Waals surface area contributed by atoms with Gasteiger partial charge in [0.1, 0.15) is 6.17 Å². The lowest BCUT2D eigenvalue weighted by Crippen LogP contribution is -2.29. The summed E-state index contributed by atoms with van der Waals surface area (Å²) in [4.78, 5) is 4.60. The summed E-state index contributed by atoms with van der Waals surface area (Å²) in [6.45, 7) is 14.9. The van der Waals surface area contributed by atoms with Gasteiger partial charge >= 0.3 is 0 Å². The lowest BCUT2D eigenvalue weighted by atomic mass is 10.0. The molecule has 0 saturated carbocycles. The minimum Gasteiger partial charge on any atom is -0.303 e. The third-order valence-electron chi connectivity index (χ3n) is 4.67. The van der Waals surface area contributed by atoms with Gasteiger partial charge in [0.2, 0.25) is 0 Å². The van der Waals surface area contributed by atoms with Crippen molar-refractivity contribution < 1.29 is 4.39 Å². The lowest BCUT2D eigenvalue weighted by molar-refractivity contribution is 0.248. The van der Waals surface area contributed by atoms with Crippen LogP contribution in [0.3, 0.4) is 0 Å². The first-order chi connectivity index (χ1) is 9.82. The molecule has 21 heavy (non-hydrogen) atoms. The van der Waals surface area contributed by atoms with E-state index in [0.717, 1.165) is 18.4 Å². The van der Waals surface area contributed by atoms with Gasteiger partial charge in [-0.1, -0.05) is 41.5 Å². The van der Waals surface area contributed by atoms with E-state index in [-0.39, 0.29) is 0 Å². The molecule has 3 atom stereocenters. The predicted octanol–water partition coefficient (Wildman–Crippen LogP) is 4.45. The van der Waals surface area contributed by atoms with E-state index in [4.69, 9.17) is 0 Å². The normalized spacial score (nSPS) is 30.1. The van der Waals surface area contributed by atoms with Gasteiger partial charge < -0.3 is 9.80 Å². The van der Waals surface area contributed by atoms with Crippen LogP contribution < -0.4 is 0 Å². The SMILES string of the molecule is CC.CC(C)C1CC(F)CN1C.CC(C)C1CCCN1C. The van der Waals surface area contributed by atoms with Gasteiger partial charge in [-0.25, -0.2) is 4.39 Å². The molecule has 2 saturated heterocycles. The van der Waals surface area contributed by atoms with Crippen LogP contribution in [-0.4, -0.2) is 55.2 Å². The highest BCUT2D eigenvalue weighted by molar-refractivity contribution is 4.84. The summed E-state index contributed by atoms with van der Waals surface area (Å²) < 4.78 is 12.7. The first-order valence-electron chi connectivity index (χ1n) is 8.87. The second-order valence-electron chi connectivity index (χ2n) is 7.02. The first kappa shape index (κ1) is 20.9. The van der Waals surface area contributed by atoms with Gasteiger partial charge in [0.05, 0.1) is 0 Å². The van der Waals surface area contributed by atoms with Crippen LogP contribution in [0.25, 0.3) is 0 Å². The summed E-state index contributed by atoms with van der Waals surface area (Å²) in [6, 6.07) is 1.33. The van der Waals surface area contributed by atoms with E-state index in [1.807, 2.05) is 20.9 Å². The molecule has 128 valence electrons. The largest absolute Gasteiger partial charge is 0.303 e. The van der Waals surface area contributed by atoms with Gasteiger partial charge in [-0.15, -0.1) is 0 Å². The molecule has 2 rings (SSSR count). The average Bonchev–Trinajstić information content (AvgIpc) is 2.98. The number of hydrogen-bond acceptors (Lipinski definition) is 2. The zero-order valence-corrected chi connectivity index (χ0v) is 15.7. The van der Waals surface area contributed by atoms with Crippen LogP contribution in [-0.2, 0) is 0 Å². The Morgan fingerprint density at radius 2 is 1.43 bits per heavy atom. The molecule has 0 radical (unpaired) electrons. The number of halogens is 1. The van der Waals surface area contributed by atoms with Gasteiger partial charge in [0, 0.05) is 18.6 Å². The van der Waals surface area contributed by atoms with Gasteiger partial charge in [-0.05, 0) is 51.7 Å². The highest BCUT2D eigenvalue weighted by Gasteiger charge is 2.30. The molecule has 0 N–H and O–H groups in total. The molecule has 0 aromatic rings. The fourth-order valence-electron chi connectivity index (χ4n) is 3.52. The Bertz CT molecular complexity index is 256. The molecule has 3 heteroatoms. The summed E-state index contributed by atoms with van der Waals surface area (Å²) >= 11 is 0. The lowest BCUT2D eigenvalue weighted by Gasteiger charge is -2.22. The van der Waals surface area contributed by atoms with Crippen molar-refractivity contribution in [3.05, 3.63) is 0 Å². The van der Waals surface area contributed by atoms with Crippen molar-refractivity contribution in [2.45, 2.75) is 79.1 Å². The second-order valence-corrected chi connectivity index (χ2v) is 7.02. The Morgan fingerprint density at radius 1 is 0.905 bits per heavy atom. The molecule has 2 aliphatic heterocycles. The number of likely N-dealkylation sites (tertiary alicyclic amines) is 2. The molecule has 2 heterocycles. The number of alkyl halides is 1. The maximum Gasteiger partial charge on any atom is 0.114 e. The van der Waals surface area contributed by atoms with Gasteiger partial charge in [-0.3, -0.25) is 0 Å². The van der Waals surface area contributed by atoms with Crippen molar-refractivity contribution in [2.24, 2.45) is 11.8 Å². The van der Waals surface area contributed by atoms with Crippen molar-refractivity contribution >= 4 is 0 Å². The van der Waals surface area contributed by atoms with Crippen molar-refractivity contribution in [3.8, 4) is 0 Å². The van der Waals surface area contributed by atoms with Crippen LogP contribution in [0.4, 0.5) is 4.39 Å². The zero-order valence-electron chi connectivity index (χ0n) is 15.7. The maximum atomic E-state index is 12.7. The molecule has 0 aromatic carbocycles. The third-order valence-corrected chi connectivity index (χ3v) is 4.67. The van der Waals surface area contributed by atoms with Crippen LogP contribution in [0.15, 0.2) is 0 Å². The maximum absolute atomic E-state index is 12.7. The molecule has 3 unspecified atom stereocenters. The number of nitrogens with zero attached hydrogens (tertiary/aromatic N) is 2. The van der Waals surface area contributed by atoms with Crippen LogP contribution in [0.5, 0.6) is 0 Å². The second kappa shape index (κ2) is 10.6. The highest BCUT2D eigenvalue weighted by Crippen LogP contribution is 2.23. The summed E-state index contributed by atoms with van der Waals surface area (Å²) in [5.74, 6) is 1.43. The van der Waals surface area contributed by atoms with Gasteiger partial charge in [0.25, 0.3) is 0 Å². The van der Waals surface area contributed by atoms with Crippen molar-refractivity contribution in [3.63, 3.8) is 0 Å². The highest BCUT2D eigenvalue weighted by atomic mass is 19.1. The van der Waals surface area contributed by atoms with Crippen LogP contribution in [0.1, 0.15) is 60.8 Å². The molecule has 0 aromatic heterocycles. The monoisotopic (exact) mass is 302 g/mol. The van der Waals surface area contributed by atoms with E-state index in [2.05, 4.69) is 44.5 Å². The molecule has 0 amide bonds. The molecule has 0 bridgehead atoms. The molecule has 2 fully saturated rings. The van der Waals surface area contributed by atoms with Crippen LogP contribution in [0, 0.1) is 11.8 Å². The summed E-state index contributed by atoms with van der Waals surface area (Å²) in [5.41, 5.74) is 0. The van der Waals surface area contributed by atoms with Crippen LogP contribution in [0.2, 0.25) is 0 Å². The molecule has 2 nitrogen and oxygen atoms in total. The van der Waals surface area contributed by atoms with E-state index in [1.54, 1.807) is 0 Å². The Kier molecular flexibility index (Phi) is 10.5. The third kappa shape index (κ3) is 7.10. The smallest absolute Gasteiger partial charge is 0.114 e. The fraction of sp³-hybridized carbons (Fsp3) is 1.00. The van der Waals surface area contributed by atoms with E-state index in [1.165, 1.54) is 19.4 Å². The first-order valence-corrected chi connectivity index (χ1v) is 8.87. The van der Waals surface area contributed by atoms with Gasteiger partial charge in [-0.2, -0.15) is 0 Å². The number of hydrogen-bond donors (Lipinski definition) is 0. The quantitative estimate of drug-likeness (QED) is 0.743. The van der Waals surface area contributed by atoms with Crippen molar-refractivity contribution in [1.82, 2.24) is 9.80 Å². The Morgan fingerprint density at radius 3 is 1.62 bits per heavy atom. The zero-order chi connectivity index (χ0) is 16.6. The average molecular weight is 303 g/mol. The minimum absolute atomic E-state index is 0.468. The Balaban J connectivity index is 0.000000342. The predicted molar refractivity (Wildman–Crippen MR) is 92.6 cm³/mol. The topological polar surface area (TPSA) is 6.48 Å². The summed E-state index contributed by atoms with van der Waals surface area (Å²) in [7, 11) is 4.24.